The summed E-state index contributed by atoms with van der Waals surface area (Å²) in [7, 11) is -0.410. The highest BCUT2D eigenvalue weighted by Crippen LogP contribution is 2.08. The molecule has 1 aromatic heterocycles. The van der Waals surface area contributed by atoms with Crippen LogP contribution in [0.15, 0.2) is 12.1 Å². The molecule has 1 aromatic rings. The Hall–Kier alpha value is -1.67. The van der Waals surface area contributed by atoms with E-state index in [-0.39, 0.29) is 24.0 Å². The van der Waals surface area contributed by atoms with Crippen LogP contribution in [0.25, 0.3) is 0 Å². The lowest BCUT2D eigenvalue weighted by Crippen LogP contribution is -2.34. The van der Waals surface area contributed by atoms with Crippen molar-refractivity contribution in [2.45, 2.75) is 13.3 Å². The molecule has 0 unspecified atom stereocenters. The van der Waals surface area contributed by atoms with Gasteiger partial charge in [0.05, 0.1) is 5.75 Å². The van der Waals surface area contributed by atoms with Gasteiger partial charge in [-0.1, -0.05) is 6.92 Å². The number of sulfonamides is 1. The average molecular weight is 300 g/mol. The summed E-state index contributed by atoms with van der Waals surface area (Å²) in [6, 6.07) is 3.11. The molecule has 112 valence electrons. The van der Waals surface area contributed by atoms with Gasteiger partial charge in [-0.3, -0.25) is 4.79 Å². The van der Waals surface area contributed by atoms with Crippen molar-refractivity contribution in [2.75, 3.05) is 32.1 Å². The third-order valence-corrected chi connectivity index (χ3v) is 4.56. The van der Waals surface area contributed by atoms with Crippen LogP contribution in [0, 0.1) is 0 Å². The Bertz CT molecular complexity index is 584. The van der Waals surface area contributed by atoms with Crippen molar-refractivity contribution in [2.24, 2.45) is 0 Å². The standard InChI is InChI=1S/C12H20N4O3S/c1-4-10-7-9(8-11(13)15-10)12(17)14-5-6-20(18,19)16(2)3/h7-8H,4-6H2,1-3H3,(H2,13,15)(H,14,17). The lowest BCUT2D eigenvalue weighted by atomic mass is 10.2. The van der Waals surface area contributed by atoms with Crippen molar-refractivity contribution >= 4 is 21.7 Å². The monoisotopic (exact) mass is 300 g/mol. The van der Waals surface area contributed by atoms with Crippen molar-refractivity contribution in [1.29, 1.82) is 0 Å². The molecule has 3 N–H and O–H groups in total. The summed E-state index contributed by atoms with van der Waals surface area (Å²) < 4.78 is 24.2. The van der Waals surface area contributed by atoms with Gasteiger partial charge in [0.2, 0.25) is 10.0 Å². The molecular weight excluding hydrogens is 280 g/mol. The molecule has 0 fully saturated rings. The number of hydrogen-bond donors (Lipinski definition) is 2. The molecule has 0 radical (unpaired) electrons. The van der Waals surface area contributed by atoms with Gasteiger partial charge in [-0.25, -0.2) is 17.7 Å². The van der Waals surface area contributed by atoms with Crippen LogP contribution in [0.2, 0.25) is 0 Å². The number of carbonyl (C=O) groups is 1. The van der Waals surface area contributed by atoms with Crippen LogP contribution in [-0.2, 0) is 16.4 Å². The number of carbonyl (C=O) groups excluding carboxylic acids is 1. The van der Waals surface area contributed by atoms with Crippen LogP contribution in [0.4, 0.5) is 5.82 Å². The minimum absolute atomic E-state index is 0.0447. The van der Waals surface area contributed by atoms with Crippen molar-refractivity contribution < 1.29 is 13.2 Å². The highest BCUT2D eigenvalue weighted by atomic mass is 32.2. The predicted molar refractivity (Wildman–Crippen MR) is 77.8 cm³/mol. The first kappa shape index (κ1) is 16.4. The fourth-order valence-corrected chi connectivity index (χ4v) is 2.23. The topological polar surface area (TPSA) is 105 Å². The molecule has 1 amide bonds. The van der Waals surface area contributed by atoms with E-state index < -0.39 is 10.0 Å². The van der Waals surface area contributed by atoms with Crippen LogP contribution < -0.4 is 11.1 Å². The number of nitrogen functional groups attached to an aromatic ring is 1. The van der Waals surface area contributed by atoms with Crippen molar-refractivity contribution in [3.05, 3.63) is 23.4 Å². The van der Waals surface area contributed by atoms with Gasteiger partial charge in [0.15, 0.2) is 0 Å². The van der Waals surface area contributed by atoms with Crippen LogP contribution in [0.1, 0.15) is 23.0 Å². The highest BCUT2D eigenvalue weighted by molar-refractivity contribution is 7.89. The first-order valence-corrected chi connectivity index (χ1v) is 7.82. The normalized spacial score (nSPS) is 11.6. The molecule has 1 rings (SSSR count). The average Bonchev–Trinajstić information content (AvgIpc) is 2.37. The molecule has 1 heterocycles. The molecule has 0 aromatic carbocycles. The Morgan fingerprint density at radius 1 is 1.40 bits per heavy atom. The Morgan fingerprint density at radius 3 is 2.60 bits per heavy atom. The fraction of sp³-hybridized carbons (Fsp3) is 0.500. The Kier molecular flexibility index (Phi) is 5.46. The minimum atomic E-state index is -3.32. The number of aromatic nitrogens is 1. The van der Waals surface area contributed by atoms with Gasteiger partial charge in [-0.2, -0.15) is 0 Å². The molecule has 0 aliphatic rings. The van der Waals surface area contributed by atoms with E-state index in [9.17, 15) is 13.2 Å². The summed E-state index contributed by atoms with van der Waals surface area (Å²) in [4.78, 5) is 16.0. The quantitative estimate of drug-likeness (QED) is 0.760. The number of nitrogens with one attached hydrogen (secondary N) is 1. The molecule has 0 spiro atoms. The molecule has 0 atom stereocenters. The van der Waals surface area contributed by atoms with Crippen LogP contribution in [-0.4, -0.2) is 50.0 Å². The van der Waals surface area contributed by atoms with Gasteiger partial charge in [0, 0.05) is 31.9 Å². The maximum Gasteiger partial charge on any atom is 0.251 e. The van der Waals surface area contributed by atoms with E-state index in [2.05, 4.69) is 10.3 Å². The highest BCUT2D eigenvalue weighted by Gasteiger charge is 2.14. The van der Waals surface area contributed by atoms with E-state index >= 15 is 0 Å². The van der Waals surface area contributed by atoms with Gasteiger partial charge >= 0.3 is 0 Å². The van der Waals surface area contributed by atoms with Gasteiger partial charge < -0.3 is 11.1 Å². The van der Waals surface area contributed by atoms with Gasteiger partial charge in [-0.15, -0.1) is 0 Å². The van der Waals surface area contributed by atoms with Crippen LogP contribution in [0.3, 0.4) is 0 Å². The van der Waals surface area contributed by atoms with E-state index in [4.69, 9.17) is 5.73 Å². The van der Waals surface area contributed by atoms with E-state index in [0.29, 0.717) is 12.0 Å². The fourth-order valence-electron chi connectivity index (χ4n) is 1.50. The zero-order valence-corrected chi connectivity index (χ0v) is 12.7. The maximum atomic E-state index is 11.9. The number of nitrogens with zero attached hydrogens (tertiary/aromatic N) is 2. The van der Waals surface area contributed by atoms with Crippen LogP contribution >= 0.6 is 0 Å². The summed E-state index contributed by atoms with van der Waals surface area (Å²) in [6.07, 6.45) is 0.667. The van der Waals surface area contributed by atoms with Crippen molar-refractivity contribution in [1.82, 2.24) is 14.6 Å². The molecule has 0 aliphatic heterocycles. The molecule has 7 nitrogen and oxygen atoms in total. The summed E-state index contributed by atoms with van der Waals surface area (Å²) in [5.41, 5.74) is 6.72. The molecule has 0 aliphatic carbocycles. The van der Waals surface area contributed by atoms with Crippen molar-refractivity contribution in [3.63, 3.8) is 0 Å². The van der Waals surface area contributed by atoms with E-state index in [1.165, 1.54) is 20.2 Å². The first-order valence-electron chi connectivity index (χ1n) is 6.21. The van der Waals surface area contributed by atoms with Gasteiger partial charge in [0.1, 0.15) is 5.82 Å². The zero-order valence-electron chi connectivity index (χ0n) is 11.9. The number of aryl methyl sites for hydroxylation is 1. The van der Waals surface area contributed by atoms with Gasteiger partial charge in [-0.05, 0) is 18.6 Å². The summed E-state index contributed by atoms with van der Waals surface area (Å²) >= 11 is 0. The number of nitrogens with two attached hydrogens (primary N) is 1. The van der Waals surface area contributed by atoms with E-state index in [0.717, 1.165) is 10.00 Å². The maximum absolute atomic E-state index is 11.9. The SMILES string of the molecule is CCc1cc(C(=O)NCCS(=O)(=O)N(C)C)cc(N)n1. The van der Waals surface area contributed by atoms with Gasteiger partial charge in [0.25, 0.3) is 5.91 Å². The Balaban J connectivity index is 2.66. The van der Waals surface area contributed by atoms with E-state index in [1.54, 1.807) is 6.07 Å². The second-order valence-corrected chi connectivity index (χ2v) is 6.78. The summed E-state index contributed by atoms with van der Waals surface area (Å²) in [6.45, 7) is 1.95. The second kappa shape index (κ2) is 6.67. The number of rotatable bonds is 6. The Morgan fingerprint density at radius 2 is 2.05 bits per heavy atom. The lowest BCUT2D eigenvalue weighted by molar-refractivity contribution is 0.0956. The number of pyridine rings is 1. The predicted octanol–water partition coefficient (Wildman–Crippen LogP) is -0.153. The van der Waals surface area contributed by atoms with E-state index in [1.807, 2.05) is 6.92 Å². The molecule has 8 heteroatoms. The molecule has 20 heavy (non-hydrogen) atoms. The molecular formula is C12H20N4O3S. The molecule has 0 bridgehead atoms. The third kappa shape index (κ3) is 4.46. The number of amides is 1. The van der Waals surface area contributed by atoms with Crippen molar-refractivity contribution in [3.8, 4) is 0 Å². The first-order chi connectivity index (χ1) is 9.26. The number of hydrogen-bond acceptors (Lipinski definition) is 5. The minimum Gasteiger partial charge on any atom is -0.384 e. The van der Waals surface area contributed by atoms with Crippen LogP contribution in [0.5, 0.6) is 0 Å². The molecule has 0 saturated carbocycles. The molecule has 0 saturated heterocycles. The number of anilines is 1. The smallest absolute Gasteiger partial charge is 0.251 e. The summed E-state index contributed by atoms with van der Waals surface area (Å²) in [5.74, 6) is -0.231. The zero-order chi connectivity index (χ0) is 15.3. The second-order valence-electron chi connectivity index (χ2n) is 4.48. The Labute approximate surface area is 119 Å². The largest absolute Gasteiger partial charge is 0.384 e. The lowest BCUT2D eigenvalue weighted by Gasteiger charge is -2.12. The summed E-state index contributed by atoms with van der Waals surface area (Å²) in [5, 5.41) is 2.56. The third-order valence-electron chi connectivity index (χ3n) is 2.72.